The number of carbonyl (C=O) groups excluding carboxylic acids is 4. The molecular weight excluding hydrogens is 1430 g/mol. The number of esters is 2. The summed E-state index contributed by atoms with van der Waals surface area (Å²) in [6, 6.07) is 20.3. The zero-order valence-corrected chi connectivity index (χ0v) is 59.8. The van der Waals surface area contributed by atoms with Gasteiger partial charge in [0.1, 0.15) is 31.6 Å². The molecule has 4 aliphatic rings. The molecule has 2 saturated carbocycles. The Hall–Kier alpha value is -9.52. The quantitative estimate of drug-likeness (QED) is 0.0445. The Bertz CT molecular complexity index is 4840. The molecule has 0 unspecified atom stereocenters. The normalized spacial score (nSPS) is 19.3. The van der Waals surface area contributed by atoms with Crippen LogP contribution in [0.1, 0.15) is 178 Å². The Morgan fingerprint density at radius 3 is 1.38 bits per heavy atom. The zero-order chi connectivity index (χ0) is 76.6. The first-order valence-electron chi connectivity index (χ1n) is 33.2. The van der Waals surface area contributed by atoms with Crippen molar-refractivity contribution in [2.75, 3.05) is 13.2 Å². The van der Waals surface area contributed by atoms with E-state index in [1.165, 1.54) is 76.3 Å². The minimum absolute atomic E-state index is 0.00546. The summed E-state index contributed by atoms with van der Waals surface area (Å²) in [5.41, 5.74) is 6.95. The van der Waals surface area contributed by atoms with Crippen molar-refractivity contribution in [3.8, 4) is 11.4 Å². The molecule has 0 saturated heterocycles. The average molecular weight is 1510 g/mol. The molecule has 4 N–H and O–H groups in total. The molecule has 2 fully saturated rings. The van der Waals surface area contributed by atoms with Gasteiger partial charge in [-0.15, -0.1) is 0 Å². The molecule has 558 valence electrons. The summed E-state index contributed by atoms with van der Waals surface area (Å²) >= 11 is 12.9. The number of aryl methyl sites for hydroxylation is 1. The lowest BCUT2D eigenvalue weighted by Crippen LogP contribution is -2.47. The van der Waals surface area contributed by atoms with Crippen LogP contribution in [0.15, 0.2) is 125 Å². The number of amides is 2. The Kier molecular flexibility index (Phi) is 20.5. The van der Waals surface area contributed by atoms with Crippen LogP contribution in [0.5, 0.6) is 0 Å². The maximum atomic E-state index is 15.0. The van der Waals surface area contributed by atoms with Crippen LogP contribution in [0.25, 0.3) is 33.1 Å². The van der Waals surface area contributed by atoms with Gasteiger partial charge in [0.15, 0.2) is 34.6 Å². The second-order valence-corrected chi connectivity index (χ2v) is 30.4. The lowest BCUT2D eigenvalue weighted by molar-refractivity contribution is -0.153. The molecule has 4 aromatic carbocycles. The fourth-order valence-corrected chi connectivity index (χ4v) is 14.3. The third-order valence-electron chi connectivity index (χ3n) is 19.6. The number of benzene rings is 4. The number of nitrogens with zero attached hydrogens (tertiary/aromatic N) is 12. The summed E-state index contributed by atoms with van der Waals surface area (Å²) in [5, 5.41) is 9.04. The Balaban J connectivity index is 0.000000210. The van der Waals surface area contributed by atoms with Gasteiger partial charge in [-0.1, -0.05) is 95.1 Å². The van der Waals surface area contributed by atoms with E-state index in [1.807, 2.05) is 41.5 Å². The summed E-state index contributed by atoms with van der Waals surface area (Å²) in [5.74, 6) is -11.3. The van der Waals surface area contributed by atoms with Gasteiger partial charge >= 0.3 is 11.9 Å². The molecule has 105 heavy (non-hydrogen) atoms. The highest BCUT2D eigenvalue weighted by Crippen LogP contribution is 2.60. The number of hydrogen-bond donors (Lipinski definition) is 2. The number of halogens is 12. The minimum atomic E-state index is -3.14. The average Bonchev–Trinajstić information content (AvgIpc) is 1.51. The molecule has 2 amide bonds. The smallest absolute Gasteiger partial charge is 0.306 e. The predicted molar refractivity (Wildman–Crippen MR) is 368 cm³/mol. The number of aliphatic imine (C=N–C) groups is 2. The predicted octanol–water partition coefficient (Wildman–Crippen LogP) is 14.9. The number of alkyl halides is 10. The van der Waals surface area contributed by atoms with Gasteiger partial charge < -0.3 is 25.5 Å². The first kappa shape index (κ1) is 76.6. The van der Waals surface area contributed by atoms with E-state index in [4.69, 9.17) is 54.1 Å². The van der Waals surface area contributed by atoms with Crippen molar-refractivity contribution < 1.29 is 72.6 Å². The Morgan fingerprint density at radius 2 is 0.981 bits per heavy atom. The monoisotopic (exact) mass is 1510 g/mol. The van der Waals surface area contributed by atoms with E-state index < -0.39 is 143 Å². The third kappa shape index (κ3) is 15.1. The van der Waals surface area contributed by atoms with Crippen LogP contribution in [-0.4, -0.2) is 110 Å². The van der Waals surface area contributed by atoms with Crippen LogP contribution in [0.4, 0.5) is 43.9 Å². The number of hydrogen-bond acceptors (Lipinski definition) is 16. The molecule has 33 heteroatoms. The van der Waals surface area contributed by atoms with Gasteiger partial charge in [-0.25, -0.2) is 73.2 Å². The van der Waals surface area contributed by atoms with Crippen molar-refractivity contribution in [1.82, 2.24) is 48.9 Å². The molecule has 21 nitrogen and oxygen atoms in total. The Morgan fingerprint density at radius 1 is 0.552 bits per heavy atom. The lowest BCUT2D eigenvalue weighted by atomic mass is 9.75. The van der Waals surface area contributed by atoms with Gasteiger partial charge in [0, 0.05) is 35.5 Å². The SMILES string of the molecule is CC(C)(C)C[C@]1(c2ccc3c(C(F)F)nccc3c2)N=C(N)N([C@H](COC(=O)CC2(C(C)(F)F)CC2)c2ccc(Cl)c(-n3ncnc3C(F)F)c2)C1=O.Cn1c(=O)ccc2cc([C@@]3(CC(C)(C)C)N=C(N)N([C@H](COC(=O)CC4(C(C)(F)F)CC4)c4ccc(Cl)c(-n5ncnc5C(F)F)c4)C3=O)ccc21. The molecule has 4 aromatic heterocycles. The molecule has 0 bridgehead atoms. The fraction of sp³-hybridized carbons (Fsp3) is 0.444. The molecular formula is C72H74Cl2F10N14O7. The summed E-state index contributed by atoms with van der Waals surface area (Å²) < 4.78 is 155. The first-order valence-corrected chi connectivity index (χ1v) is 34.0. The summed E-state index contributed by atoms with van der Waals surface area (Å²) in [6.45, 7) is 11.8. The van der Waals surface area contributed by atoms with E-state index in [0.29, 0.717) is 27.4 Å². The second-order valence-electron chi connectivity index (χ2n) is 29.6. The maximum Gasteiger partial charge on any atom is 0.306 e. The molecule has 6 heterocycles. The van der Waals surface area contributed by atoms with Gasteiger partial charge in [-0.05, 0) is 151 Å². The molecule has 0 spiro atoms. The molecule has 2 aliphatic heterocycles. The van der Waals surface area contributed by atoms with Crippen molar-refractivity contribution in [1.29, 1.82) is 0 Å². The van der Waals surface area contributed by atoms with Crippen molar-refractivity contribution in [2.24, 2.45) is 50.2 Å². The topological polar surface area (TPSA) is 266 Å². The maximum absolute atomic E-state index is 15.0. The molecule has 4 atom stereocenters. The van der Waals surface area contributed by atoms with Gasteiger partial charge in [-0.3, -0.25) is 38.8 Å². The van der Waals surface area contributed by atoms with Crippen molar-refractivity contribution in [3.05, 3.63) is 170 Å². The molecule has 12 rings (SSSR count). The zero-order valence-electron chi connectivity index (χ0n) is 58.3. The Labute approximate surface area is 605 Å². The number of pyridine rings is 2. The summed E-state index contributed by atoms with van der Waals surface area (Å²) in [6.07, 6.45) is -6.11. The number of nitrogens with two attached hydrogens (primary N) is 2. The highest BCUT2D eigenvalue weighted by Gasteiger charge is 2.62. The van der Waals surface area contributed by atoms with E-state index in [1.54, 1.807) is 37.4 Å². The third-order valence-corrected chi connectivity index (χ3v) is 20.2. The van der Waals surface area contributed by atoms with E-state index >= 15 is 4.79 Å². The van der Waals surface area contributed by atoms with E-state index in [-0.39, 0.29) is 93.9 Å². The van der Waals surface area contributed by atoms with Crippen molar-refractivity contribution >= 4 is 80.5 Å². The van der Waals surface area contributed by atoms with Gasteiger partial charge in [0.2, 0.25) is 0 Å². The van der Waals surface area contributed by atoms with Crippen LogP contribution in [-0.2, 0) is 46.8 Å². The second kappa shape index (κ2) is 28.1. The van der Waals surface area contributed by atoms with Gasteiger partial charge in [-0.2, -0.15) is 10.2 Å². The molecule has 0 radical (unpaired) electrons. The number of guanidine groups is 2. The van der Waals surface area contributed by atoms with Gasteiger partial charge in [0.25, 0.3) is 48.5 Å². The van der Waals surface area contributed by atoms with Crippen molar-refractivity contribution in [3.63, 3.8) is 0 Å². The highest BCUT2D eigenvalue weighted by atomic mass is 35.5. The fourth-order valence-electron chi connectivity index (χ4n) is 13.9. The largest absolute Gasteiger partial charge is 0.463 e. The van der Waals surface area contributed by atoms with Crippen molar-refractivity contribution in [2.45, 2.75) is 161 Å². The van der Waals surface area contributed by atoms with Crippen LogP contribution in [0.2, 0.25) is 10.0 Å². The number of carbonyl (C=O) groups is 4. The highest BCUT2D eigenvalue weighted by molar-refractivity contribution is 6.32. The van der Waals surface area contributed by atoms with Crippen LogP contribution in [0, 0.1) is 21.7 Å². The van der Waals surface area contributed by atoms with Crippen LogP contribution < -0.4 is 17.0 Å². The number of ether oxygens (including phenoxy) is 2. The number of aromatic nitrogens is 8. The molecule has 8 aromatic rings. The minimum Gasteiger partial charge on any atom is -0.463 e. The van der Waals surface area contributed by atoms with E-state index in [0.717, 1.165) is 40.8 Å². The van der Waals surface area contributed by atoms with Crippen LogP contribution >= 0.6 is 23.2 Å². The van der Waals surface area contributed by atoms with E-state index in [9.17, 15) is 63.1 Å². The first-order chi connectivity index (χ1) is 49.0. The number of rotatable bonds is 23. The van der Waals surface area contributed by atoms with Gasteiger partial charge in [0.05, 0.1) is 51.9 Å². The lowest BCUT2D eigenvalue weighted by Gasteiger charge is -2.35. The molecule has 2 aliphatic carbocycles. The summed E-state index contributed by atoms with van der Waals surface area (Å²) in [7, 11) is 1.64. The van der Waals surface area contributed by atoms with Crippen LogP contribution in [0.3, 0.4) is 0 Å². The number of fused-ring (bicyclic) bond motifs is 2. The van der Waals surface area contributed by atoms with E-state index in [2.05, 4.69) is 25.1 Å². The standard InChI is InChI=1S/C36H36ClF6N7O3.C36H38ClF4N7O4/c1-33(2,3)17-36(21-6-7-22-19(13-21)9-12-45-27(22)28(38)39)31(52)49(32(44)48-36)25(16-53-26(51)15-35(10-11-35)34(4,42)43)20-5-8-23(37)24(14-20)50-30(29(40)41)46-18-47-50;1-33(2,3)18-36(22-8-10-24-20(14-22)7-11-27(49)46(24)5)31(51)47(32(42)45-36)26(17-52-28(50)16-35(12-13-35)34(4,40)41)21-6-9-23(37)25(15-21)48-30(29(38)39)43-19-44-48/h5-9,12-14,18,25,28-29H,10-11,15-17H2,1-4H3,(H2,44,48);6-11,14-15,19,26,29H,12-13,16-18H2,1-5H3,(H2,42,45)/t25-,36-;26-,36-/m11/s1. The summed E-state index contributed by atoms with van der Waals surface area (Å²) in [4.78, 5) is 91.4.